The minimum Gasteiger partial charge on any atom is -0.351 e. The highest BCUT2D eigenvalue weighted by atomic mass is 32.2. The maximum atomic E-state index is 12.4. The molecule has 1 aliphatic heterocycles. The molecule has 2 aliphatic carbocycles. The number of amides is 2. The first-order valence-corrected chi connectivity index (χ1v) is 14.7. The van der Waals surface area contributed by atoms with Gasteiger partial charge in [0.1, 0.15) is 0 Å². The lowest BCUT2D eigenvalue weighted by molar-refractivity contribution is -0.124. The Morgan fingerprint density at radius 2 is 1.81 bits per heavy atom. The minimum absolute atomic E-state index is 0.0386. The molecule has 2 aromatic heterocycles. The molecule has 2 amide bonds. The lowest BCUT2D eigenvalue weighted by atomic mass is 9.87. The molecule has 3 fully saturated rings. The number of carbonyl (C=O) groups excluding carboxylic acids is 2. The summed E-state index contributed by atoms with van der Waals surface area (Å²) in [6, 6.07) is 0.504. The first kappa shape index (κ1) is 24.7. The lowest BCUT2D eigenvalue weighted by Crippen LogP contribution is -2.30. The molecule has 0 unspecified atom stereocenters. The Hall–Kier alpha value is -3.02. The third kappa shape index (κ3) is 5.85. The molecule has 0 spiro atoms. The van der Waals surface area contributed by atoms with Gasteiger partial charge < -0.3 is 10.6 Å². The molecule has 0 bridgehead atoms. The van der Waals surface area contributed by atoms with Crippen molar-refractivity contribution in [3.8, 4) is 0 Å². The average molecular weight is 516 g/mol. The van der Waals surface area contributed by atoms with Gasteiger partial charge in [-0.3, -0.25) is 14.9 Å². The first-order valence-electron chi connectivity index (χ1n) is 12.8. The molecule has 3 aliphatic rings. The molecule has 12 heteroatoms. The zero-order chi connectivity index (χ0) is 25.3. The molecular formula is C24H33N7O4S. The summed E-state index contributed by atoms with van der Waals surface area (Å²) < 4.78 is 26.3. The summed E-state index contributed by atoms with van der Waals surface area (Å²) in [6.45, 7) is 2.01. The summed E-state index contributed by atoms with van der Waals surface area (Å²) >= 11 is 0. The van der Waals surface area contributed by atoms with Crippen LogP contribution in [0.15, 0.2) is 11.8 Å². The van der Waals surface area contributed by atoms with Crippen molar-refractivity contribution in [2.45, 2.75) is 76.8 Å². The molecule has 5 rings (SSSR count). The van der Waals surface area contributed by atoms with Gasteiger partial charge in [0.25, 0.3) is 5.91 Å². The highest BCUT2D eigenvalue weighted by Crippen LogP contribution is 2.29. The predicted molar refractivity (Wildman–Crippen MR) is 136 cm³/mol. The van der Waals surface area contributed by atoms with Crippen LogP contribution in [0, 0.1) is 5.92 Å². The fourth-order valence-corrected chi connectivity index (χ4v) is 6.78. The summed E-state index contributed by atoms with van der Waals surface area (Å²) in [7, 11) is -2.99. The maximum absolute atomic E-state index is 12.4. The van der Waals surface area contributed by atoms with Crippen LogP contribution in [0.1, 0.15) is 70.3 Å². The average Bonchev–Trinajstić information content (AvgIpc) is 3.47. The topological polar surface area (TPSA) is 147 Å². The molecule has 11 nitrogen and oxygen atoms in total. The van der Waals surface area contributed by atoms with E-state index < -0.39 is 15.7 Å². The molecule has 0 radical (unpaired) electrons. The highest BCUT2D eigenvalue weighted by molar-refractivity contribution is 7.91. The number of fused-ring (bicyclic) bond motifs is 1. The Kier molecular flexibility index (Phi) is 6.96. The van der Waals surface area contributed by atoms with E-state index in [0.717, 1.165) is 51.4 Å². The Balaban J connectivity index is 1.31. The third-order valence-electron chi connectivity index (χ3n) is 7.01. The van der Waals surface area contributed by atoms with Crippen LogP contribution in [0.2, 0.25) is 0 Å². The summed E-state index contributed by atoms with van der Waals surface area (Å²) in [5.41, 5.74) is 1.57. The quantitative estimate of drug-likeness (QED) is 0.320. The maximum Gasteiger partial charge on any atom is 0.254 e. The van der Waals surface area contributed by atoms with Gasteiger partial charge in [0, 0.05) is 23.2 Å². The summed E-state index contributed by atoms with van der Waals surface area (Å²) in [5, 5.41) is 13.6. The van der Waals surface area contributed by atoms with E-state index >= 15 is 0 Å². The molecule has 2 aromatic rings. The number of imide groups is 1. The van der Waals surface area contributed by atoms with Crippen LogP contribution in [0.5, 0.6) is 0 Å². The number of anilines is 2. The second-order valence-corrected chi connectivity index (χ2v) is 12.4. The first-order chi connectivity index (χ1) is 17.3. The van der Waals surface area contributed by atoms with Crippen LogP contribution in [-0.2, 0) is 19.4 Å². The van der Waals surface area contributed by atoms with Crippen LogP contribution in [0.3, 0.4) is 0 Å². The van der Waals surface area contributed by atoms with Crippen molar-refractivity contribution in [2.24, 2.45) is 5.92 Å². The van der Waals surface area contributed by atoms with Crippen molar-refractivity contribution in [2.75, 3.05) is 22.1 Å². The van der Waals surface area contributed by atoms with Crippen molar-refractivity contribution >= 4 is 45.3 Å². The van der Waals surface area contributed by atoms with Gasteiger partial charge in [-0.05, 0) is 56.9 Å². The highest BCUT2D eigenvalue weighted by Gasteiger charge is 2.28. The van der Waals surface area contributed by atoms with Crippen molar-refractivity contribution in [3.63, 3.8) is 0 Å². The van der Waals surface area contributed by atoms with E-state index in [4.69, 9.17) is 4.98 Å². The van der Waals surface area contributed by atoms with Gasteiger partial charge in [-0.15, -0.1) is 0 Å². The number of nitrogens with one attached hydrogen (secondary N) is 3. The van der Waals surface area contributed by atoms with Gasteiger partial charge in [0.15, 0.2) is 15.5 Å². The normalized spacial score (nSPS) is 23.9. The number of carbonyl (C=O) groups is 2. The third-order valence-corrected chi connectivity index (χ3v) is 8.90. The van der Waals surface area contributed by atoms with E-state index in [1.165, 1.54) is 0 Å². The number of unbranched alkanes of at least 4 members (excludes halogenated alkanes) is 1. The molecule has 3 N–H and O–H groups in total. The largest absolute Gasteiger partial charge is 0.351 e. The van der Waals surface area contributed by atoms with Gasteiger partial charge >= 0.3 is 0 Å². The number of hydrogen-bond acceptors (Lipinski definition) is 9. The number of rotatable bonds is 10. The van der Waals surface area contributed by atoms with E-state index in [-0.39, 0.29) is 35.8 Å². The van der Waals surface area contributed by atoms with Gasteiger partial charge in [0.05, 0.1) is 24.1 Å². The molecule has 3 heterocycles. The Morgan fingerprint density at radius 3 is 2.47 bits per heavy atom. The van der Waals surface area contributed by atoms with Crippen LogP contribution >= 0.6 is 0 Å². The van der Waals surface area contributed by atoms with Gasteiger partial charge in [-0.25, -0.2) is 8.42 Å². The van der Waals surface area contributed by atoms with E-state index in [1.54, 1.807) is 16.8 Å². The van der Waals surface area contributed by atoms with E-state index in [9.17, 15) is 18.0 Å². The molecule has 194 valence electrons. The van der Waals surface area contributed by atoms with Gasteiger partial charge in [-0.1, -0.05) is 13.3 Å². The van der Waals surface area contributed by atoms with Crippen LogP contribution < -0.4 is 16.0 Å². The molecule has 1 saturated heterocycles. The van der Waals surface area contributed by atoms with Crippen molar-refractivity contribution in [1.82, 2.24) is 24.9 Å². The van der Waals surface area contributed by atoms with E-state index in [0.29, 0.717) is 34.7 Å². The zero-order valence-corrected chi connectivity index (χ0v) is 21.3. The van der Waals surface area contributed by atoms with E-state index in [1.807, 2.05) is 6.92 Å². The summed E-state index contributed by atoms with van der Waals surface area (Å²) in [6.07, 6.45) is 10.5. The lowest BCUT2D eigenvalue weighted by Gasteiger charge is -2.29. The second kappa shape index (κ2) is 10.2. The molecule has 0 atom stereocenters. The van der Waals surface area contributed by atoms with Crippen molar-refractivity contribution in [1.29, 1.82) is 0 Å². The molecule has 2 saturated carbocycles. The Morgan fingerprint density at radius 1 is 1.08 bits per heavy atom. The molecule has 36 heavy (non-hydrogen) atoms. The predicted octanol–water partition coefficient (Wildman–Crippen LogP) is 2.31. The summed E-state index contributed by atoms with van der Waals surface area (Å²) in [5.74, 6) is 1.11. The fourth-order valence-electron chi connectivity index (χ4n) is 4.84. The number of nitrogens with zero attached hydrogens (tertiary/aromatic N) is 4. The number of hydrogen-bond donors (Lipinski definition) is 3. The molecular weight excluding hydrogens is 482 g/mol. The standard InChI is InChI=1S/C24H33N7O4S/c1-2-3-10-36(34,35)14-15-4-6-18(7-5-15)26-23-29-21-17(11-16-12-20(32)28-22(16)33)13-25-31(21)24(30-23)27-19-8-9-19/h11,13,15,18-19H,2-10,12,14H2,1H3,(H,28,32,33)(H2,26,27,29,30)/b16-11+. The SMILES string of the molecule is CCCCS(=O)(=O)CC1CCC(Nc2nc(NC3CC3)n3ncc(/C=C4\CC(=O)NC4=O)c3n2)CC1. The zero-order valence-electron chi connectivity index (χ0n) is 20.5. The molecule has 0 aromatic carbocycles. The smallest absolute Gasteiger partial charge is 0.254 e. The van der Waals surface area contributed by atoms with Crippen LogP contribution in [-0.4, -0.2) is 63.4 Å². The fraction of sp³-hybridized carbons (Fsp3) is 0.625. The minimum atomic E-state index is -2.99. The Labute approximate surface area is 210 Å². The van der Waals surface area contributed by atoms with Crippen molar-refractivity contribution < 1.29 is 18.0 Å². The monoisotopic (exact) mass is 515 g/mol. The van der Waals surface area contributed by atoms with E-state index in [2.05, 4.69) is 26.0 Å². The number of aromatic nitrogens is 4. The van der Waals surface area contributed by atoms with Gasteiger partial charge in [-0.2, -0.15) is 19.6 Å². The van der Waals surface area contributed by atoms with Crippen molar-refractivity contribution in [3.05, 3.63) is 17.3 Å². The Bertz CT molecular complexity index is 1290. The summed E-state index contributed by atoms with van der Waals surface area (Å²) in [4.78, 5) is 33.0. The van der Waals surface area contributed by atoms with Crippen LogP contribution in [0.4, 0.5) is 11.9 Å². The van der Waals surface area contributed by atoms with Crippen LogP contribution in [0.25, 0.3) is 11.7 Å². The number of sulfone groups is 1. The second-order valence-electron chi connectivity index (χ2n) is 10.2. The van der Waals surface area contributed by atoms with Gasteiger partial charge in [0.2, 0.25) is 17.8 Å².